The van der Waals surface area contributed by atoms with Gasteiger partial charge in [0.2, 0.25) is 15.9 Å². The summed E-state index contributed by atoms with van der Waals surface area (Å²) in [4.78, 5) is 17.0. The Balaban J connectivity index is 1.32. The van der Waals surface area contributed by atoms with Gasteiger partial charge in [-0.3, -0.25) is 9.69 Å². The maximum Gasteiger partial charge on any atom is 0.250 e. The SMILES string of the molecule is C[C@H]1Cc2ccccc2N1C(=O)CN1CCC(NS(=O)(=O)c2cccs2)CC1. The third-order valence-electron chi connectivity index (χ3n) is 5.50. The highest BCUT2D eigenvalue weighted by Gasteiger charge is 2.32. The summed E-state index contributed by atoms with van der Waals surface area (Å²) in [5.74, 6) is 0.120. The summed E-state index contributed by atoms with van der Waals surface area (Å²) < 4.78 is 27.9. The number of benzene rings is 1. The van der Waals surface area contributed by atoms with Gasteiger partial charge in [-0.1, -0.05) is 24.3 Å². The monoisotopic (exact) mass is 419 g/mol. The highest BCUT2D eigenvalue weighted by atomic mass is 32.2. The average molecular weight is 420 g/mol. The molecule has 2 aromatic rings. The van der Waals surface area contributed by atoms with E-state index in [1.54, 1.807) is 17.5 Å². The standard InChI is InChI=1S/C20H25N3O3S2/c1-15-13-16-5-2-3-6-18(16)23(15)19(24)14-22-10-8-17(9-11-22)21-28(25,26)20-7-4-12-27-20/h2-7,12,15,17,21H,8-11,13-14H2,1H3/t15-/m0/s1. The molecule has 8 heteroatoms. The summed E-state index contributed by atoms with van der Waals surface area (Å²) in [5.41, 5.74) is 2.25. The first-order chi connectivity index (χ1) is 13.4. The zero-order chi connectivity index (χ0) is 19.7. The molecule has 4 rings (SSSR count). The molecule has 1 N–H and O–H groups in total. The van der Waals surface area contributed by atoms with Crippen LogP contribution in [0.4, 0.5) is 5.69 Å². The van der Waals surface area contributed by atoms with Crippen LogP contribution in [0.1, 0.15) is 25.3 Å². The molecule has 150 valence electrons. The van der Waals surface area contributed by atoms with E-state index < -0.39 is 10.0 Å². The Bertz CT molecular complexity index is 935. The summed E-state index contributed by atoms with van der Waals surface area (Å²) in [7, 11) is -3.44. The van der Waals surface area contributed by atoms with Crippen molar-refractivity contribution >= 4 is 33.0 Å². The van der Waals surface area contributed by atoms with E-state index in [0.717, 1.165) is 12.1 Å². The van der Waals surface area contributed by atoms with Gasteiger partial charge in [-0.05, 0) is 49.3 Å². The Morgan fingerprint density at radius 1 is 1.18 bits per heavy atom. The van der Waals surface area contributed by atoms with Crippen molar-refractivity contribution in [2.75, 3.05) is 24.5 Å². The fourth-order valence-electron chi connectivity index (χ4n) is 4.12. The molecule has 2 aliphatic heterocycles. The van der Waals surface area contributed by atoms with Crippen LogP contribution in [0, 0.1) is 0 Å². The van der Waals surface area contributed by atoms with Crippen LogP contribution in [-0.2, 0) is 21.2 Å². The minimum absolute atomic E-state index is 0.0788. The quantitative estimate of drug-likeness (QED) is 0.808. The Kier molecular flexibility index (Phi) is 5.55. The van der Waals surface area contributed by atoms with Crippen molar-refractivity contribution in [1.29, 1.82) is 0 Å². The van der Waals surface area contributed by atoms with Gasteiger partial charge in [0.15, 0.2) is 0 Å². The minimum atomic E-state index is -3.44. The number of carbonyl (C=O) groups is 1. The van der Waals surface area contributed by atoms with Gasteiger partial charge in [0, 0.05) is 30.9 Å². The van der Waals surface area contributed by atoms with Gasteiger partial charge in [0.25, 0.3) is 0 Å². The molecule has 0 bridgehead atoms. The third-order valence-corrected chi connectivity index (χ3v) is 8.42. The van der Waals surface area contributed by atoms with Crippen molar-refractivity contribution in [2.24, 2.45) is 0 Å². The fourth-order valence-corrected chi connectivity index (χ4v) is 6.43. The van der Waals surface area contributed by atoms with Crippen LogP contribution in [0.25, 0.3) is 0 Å². The number of piperidine rings is 1. The highest BCUT2D eigenvalue weighted by Crippen LogP contribution is 2.32. The molecule has 0 radical (unpaired) electrons. The molecule has 3 heterocycles. The van der Waals surface area contributed by atoms with Crippen LogP contribution >= 0.6 is 11.3 Å². The number of para-hydroxylation sites is 1. The summed E-state index contributed by atoms with van der Waals surface area (Å²) in [6, 6.07) is 11.6. The number of fused-ring (bicyclic) bond motifs is 1. The van der Waals surface area contributed by atoms with E-state index in [2.05, 4.69) is 22.6 Å². The lowest BCUT2D eigenvalue weighted by Crippen LogP contribution is -2.48. The van der Waals surface area contributed by atoms with Crippen LogP contribution < -0.4 is 9.62 Å². The zero-order valence-electron chi connectivity index (χ0n) is 15.9. The van der Waals surface area contributed by atoms with E-state index in [0.29, 0.717) is 36.7 Å². The van der Waals surface area contributed by atoms with E-state index in [1.165, 1.54) is 16.9 Å². The molecule has 0 unspecified atom stereocenters. The Labute approximate surface area is 170 Å². The largest absolute Gasteiger partial charge is 0.308 e. The van der Waals surface area contributed by atoms with Gasteiger partial charge in [-0.2, -0.15) is 0 Å². The Hall–Kier alpha value is -1.74. The molecule has 1 saturated heterocycles. The number of hydrogen-bond donors (Lipinski definition) is 1. The molecule has 28 heavy (non-hydrogen) atoms. The van der Waals surface area contributed by atoms with E-state index in [1.807, 2.05) is 23.1 Å². The summed E-state index contributed by atoms with van der Waals surface area (Å²) >= 11 is 1.23. The number of rotatable bonds is 5. The highest BCUT2D eigenvalue weighted by molar-refractivity contribution is 7.91. The van der Waals surface area contributed by atoms with Crippen LogP contribution in [0.5, 0.6) is 0 Å². The van der Waals surface area contributed by atoms with Gasteiger partial charge in [0.05, 0.1) is 6.54 Å². The summed E-state index contributed by atoms with van der Waals surface area (Å²) in [5, 5.41) is 1.76. The molecule has 0 aliphatic carbocycles. The zero-order valence-corrected chi connectivity index (χ0v) is 17.5. The second-order valence-electron chi connectivity index (χ2n) is 7.55. The number of nitrogens with zero attached hydrogens (tertiary/aromatic N) is 2. The molecule has 1 atom stereocenters. The predicted molar refractivity (Wildman–Crippen MR) is 111 cm³/mol. The number of nitrogens with one attached hydrogen (secondary N) is 1. The van der Waals surface area contributed by atoms with Gasteiger partial charge in [-0.15, -0.1) is 11.3 Å². The van der Waals surface area contributed by atoms with Crippen molar-refractivity contribution in [3.63, 3.8) is 0 Å². The summed E-state index contributed by atoms with van der Waals surface area (Å²) in [6.45, 7) is 3.90. The molecule has 1 fully saturated rings. The molecule has 1 aromatic heterocycles. The number of hydrogen-bond acceptors (Lipinski definition) is 5. The maximum atomic E-state index is 12.9. The molecule has 6 nitrogen and oxygen atoms in total. The number of anilines is 1. The molecular weight excluding hydrogens is 394 g/mol. The lowest BCUT2D eigenvalue weighted by molar-refractivity contribution is -0.120. The minimum Gasteiger partial charge on any atom is -0.308 e. The number of carbonyl (C=O) groups excluding carboxylic acids is 1. The normalized spacial score (nSPS) is 21.0. The molecule has 0 spiro atoms. The number of thiophene rings is 1. The topological polar surface area (TPSA) is 69.7 Å². The molecule has 1 amide bonds. The van der Waals surface area contributed by atoms with Crippen molar-refractivity contribution in [3.05, 3.63) is 47.3 Å². The number of amides is 1. The van der Waals surface area contributed by atoms with E-state index in [4.69, 9.17) is 0 Å². The molecule has 1 aromatic carbocycles. The third kappa shape index (κ3) is 4.00. The second-order valence-corrected chi connectivity index (χ2v) is 10.4. The average Bonchev–Trinajstić information content (AvgIpc) is 3.30. The van der Waals surface area contributed by atoms with Crippen LogP contribution in [0.3, 0.4) is 0 Å². The molecule has 0 saturated carbocycles. The van der Waals surface area contributed by atoms with Crippen molar-refractivity contribution in [2.45, 2.75) is 42.5 Å². The first kappa shape index (κ1) is 19.6. The van der Waals surface area contributed by atoms with Crippen LogP contribution in [0.15, 0.2) is 46.0 Å². The molecular formula is C20H25N3O3S2. The number of likely N-dealkylation sites (tertiary alicyclic amines) is 1. The van der Waals surface area contributed by atoms with Gasteiger partial charge in [0.1, 0.15) is 4.21 Å². The van der Waals surface area contributed by atoms with Crippen LogP contribution in [0.2, 0.25) is 0 Å². The van der Waals surface area contributed by atoms with Crippen molar-refractivity contribution < 1.29 is 13.2 Å². The predicted octanol–water partition coefficient (Wildman–Crippen LogP) is 2.47. The van der Waals surface area contributed by atoms with Crippen molar-refractivity contribution in [3.8, 4) is 0 Å². The molecule has 2 aliphatic rings. The second kappa shape index (κ2) is 7.94. The Morgan fingerprint density at radius 2 is 1.93 bits per heavy atom. The lowest BCUT2D eigenvalue weighted by atomic mass is 10.1. The summed E-state index contributed by atoms with van der Waals surface area (Å²) in [6.07, 6.45) is 2.32. The maximum absolute atomic E-state index is 12.9. The Morgan fingerprint density at radius 3 is 2.64 bits per heavy atom. The van der Waals surface area contributed by atoms with Gasteiger partial charge < -0.3 is 4.90 Å². The fraction of sp³-hybridized carbons (Fsp3) is 0.450. The van der Waals surface area contributed by atoms with E-state index in [9.17, 15) is 13.2 Å². The first-order valence-electron chi connectivity index (χ1n) is 9.62. The van der Waals surface area contributed by atoms with E-state index in [-0.39, 0.29) is 18.0 Å². The van der Waals surface area contributed by atoms with Crippen LogP contribution in [-0.4, -0.2) is 50.9 Å². The van der Waals surface area contributed by atoms with E-state index >= 15 is 0 Å². The number of sulfonamides is 1. The first-order valence-corrected chi connectivity index (χ1v) is 12.0. The lowest BCUT2D eigenvalue weighted by Gasteiger charge is -2.33. The van der Waals surface area contributed by atoms with Gasteiger partial charge in [-0.25, -0.2) is 13.1 Å². The van der Waals surface area contributed by atoms with Gasteiger partial charge >= 0.3 is 0 Å². The smallest absolute Gasteiger partial charge is 0.250 e. The van der Waals surface area contributed by atoms with Crippen molar-refractivity contribution in [1.82, 2.24) is 9.62 Å².